The van der Waals surface area contributed by atoms with Crippen LogP contribution in [0.15, 0.2) is 12.1 Å². The lowest BCUT2D eigenvalue weighted by molar-refractivity contribution is 0.0736. The van der Waals surface area contributed by atoms with Gasteiger partial charge < -0.3 is 19.7 Å². The highest BCUT2D eigenvalue weighted by atomic mass is 35.5. The standard InChI is InChI=1S/C14H17ClN2O3/c1-16-7-10-3-2-4-17(10)14(18)9-5-11(15)13-12(6-9)19-8-20-13/h5-6,10,16H,2-4,7-8H2,1H3. The summed E-state index contributed by atoms with van der Waals surface area (Å²) in [6.45, 7) is 1.75. The molecule has 1 N–H and O–H groups in total. The summed E-state index contributed by atoms with van der Waals surface area (Å²) < 4.78 is 10.6. The number of benzene rings is 1. The molecule has 1 saturated heterocycles. The van der Waals surface area contributed by atoms with Crippen LogP contribution in [0.1, 0.15) is 23.2 Å². The normalized spacial score (nSPS) is 20.5. The number of fused-ring (bicyclic) bond motifs is 1. The maximum Gasteiger partial charge on any atom is 0.254 e. The molecule has 1 fully saturated rings. The van der Waals surface area contributed by atoms with E-state index in [-0.39, 0.29) is 18.7 Å². The SMILES string of the molecule is CNCC1CCCN1C(=O)c1cc(Cl)c2c(c1)OCO2. The Morgan fingerprint density at radius 1 is 1.50 bits per heavy atom. The first-order valence-electron chi connectivity index (χ1n) is 6.75. The molecule has 2 aliphatic heterocycles. The smallest absolute Gasteiger partial charge is 0.254 e. The van der Waals surface area contributed by atoms with Crippen LogP contribution >= 0.6 is 11.6 Å². The molecule has 1 atom stereocenters. The van der Waals surface area contributed by atoms with Crippen molar-refractivity contribution in [2.24, 2.45) is 0 Å². The largest absolute Gasteiger partial charge is 0.454 e. The first kappa shape index (κ1) is 13.5. The molecule has 1 aromatic carbocycles. The zero-order valence-corrected chi connectivity index (χ0v) is 12.1. The summed E-state index contributed by atoms with van der Waals surface area (Å²) in [6, 6.07) is 3.62. The minimum absolute atomic E-state index is 0.00273. The monoisotopic (exact) mass is 296 g/mol. The van der Waals surface area contributed by atoms with Gasteiger partial charge in [0, 0.05) is 24.7 Å². The average Bonchev–Trinajstić information content (AvgIpc) is 3.07. The molecule has 0 radical (unpaired) electrons. The van der Waals surface area contributed by atoms with Gasteiger partial charge in [-0.05, 0) is 32.0 Å². The van der Waals surface area contributed by atoms with Crippen molar-refractivity contribution in [1.29, 1.82) is 0 Å². The van der Waals surface area contributed by atoms with Crippen molar-refractivity contribution in [2.75, 3.05) is 26.9 Å². The Morgan fingerprint density at radius 2 is 2.35 bits per heavy atom. The van der Waals surface area contributed by atoms with E-state index in [2.05, 4.69) is 5.32 Å². The van der Waals surface area contributed by atoms with Crippen molar-refractivity contribution < 1.29 is 14.3 Å². The Labute approximate surface area is 122 Å². The second-order valence-electron chi connectivity index (χ2n) is 5.04. The van der Waals surface area contributed by atoms with Crippen LogP contribution in [-0.2, 0) is 0 Å². The van der Waals surface area contributed by atoms with Gasteiger partial charge in [0.2, 0.25) is 6.79 Å². The Balaban J connectivity index is 1.85. The number of halogens is 1. The molecule has 1 unspecified atom stereocenters. The van der Waals surface area contributed by atoms with E-state index < -0.39 is 0 Å². The van der Waals surface area contributed by atoms with Crippen LogP contribution in [0.2, 0.25) is 5.02 Å². The molecule has 0 saturated carbocycles. The number of carbonyl (C=O) groups excluding carboxylic acids is 1. The van der Waals surface area contributed by atoms with Crippen LogP contribution < -0.4 is 14.8 Å². The molecule has 20 heavy (non-hydrogen) atoms. The van der Waals surface area contributed by atoms with Crippen LogP contribution in [0, 0.1) is 0 Å². The lowest BCUT2D eigenvalue weighted by atomic mass is 10.1. The summed E-state index contributed by atoms with van der Waals surface area (Å²) in [7, 11) is 1.90. The van der Waals surface area contributed by atoms with E-state index in [1.54, 1.807) is 12.1 Å². The van der Waals surface area contributed by atoms with E-state index in [9.17, 15) is 4.79 Å². The number of hydrogen-bond acceptors (Lipinski definition) is 4. The molecule has 5 nitrogen and oxygen atoms in total. The Kier molecular flexibility index (Phi) is 3.72. The number of likely N-dealkylation sites (tertiary alicyclic amines) is 1. The van der Waals surface area contributed by atoms with Gasteiger partial charge in [-0.3, -0.25) is 4.79 Å². The molecule has 2 heterocycles. The zero-order valence-electron chi connectivity index (χ0n) is 11.3. The third-order valence-corrected chi connectivity index (χ3v) is 4.03. The molecule has 1 aromatic rings. The Bertz CT molecular complexity index is 535. The van der Waals surface area contributed by atoms with E-state index in [1.807, 2.05) is 11.9 Å². The van der Waals surface area contributed by atoms with Gasteiger partial charge in [0.25, 0.3) is 5.91 Å². The molecular formula is C14H17ClN2O3. The zero-order chi connectivity index (χ0) is 14.1. The highest BCUT2D eigenvalue weighted by molar-refractivity contribution is 6.32. The number of ether oxygens (including phenoxy) is 2. The number of nitrogens with one attached hydrogen (secondary N) is 1. The molecule has 6 heteroatoms. The Hall–Kier alpha value is -1.46. The van der Waals surface area contributed by atoms with Crippen molar-refractivity contribution >= 4 is 17.5 Å². The number of likely N-dealkylation sites (N-methyl/N-ethyl adjacent to an activating group) is 1. The van der Waals surface area contributed by atoms with Crippen LogP contribution in [0.3, 0.4) is 0 Å². The number of rotatable bonds is 3. The van der Waals surface area contributed by atoms with Gasteiger partial charge in [-0.1, -0.05) is 11.6 Å². The molecule has 3 rings (SSSR count). The molecule has 0 bridgehead atoms. The van der Waals surface area contributed by atoms with Gasteiger partial charge in [-0.25, -0.2) is 0 Å². The first-order chi connectivity index (χ1) is 9.70. The highest BCUT2D eigenvalue weighted by Crippen LogP contribution is 2.40. The summed E-state index contributed by atoms with van der Waals surface area (Å²) in [6.07, 6.45) is 2.07. The van der Waals surface area contributed by atoms with E-state index in [0.717, 1.165) is 25.9 Å². The Morgan fingerprint density at radius 3 is 3.15 bits per heavy atom. The summed E-state index contributed by atoms with van der Waals surface area (Å²) in [5.74, 6) is 1.07. The van der Waals surface area contributed by atoms with Gasteiger partial charge in [0.15, 0.2) is 11.5 Å². The fourth-order valence-corrected chi connectivity index (χ4v) is 3.07. The van der Waals surface area contributed by atoms with E-state index in [1.165, 1.54) is 0 Å². The van der Waals surface area contributed by atoms with E-state index in [0.29, 0.717) is 22.1 Å². The molecule has 0 aliphatic carbocycles. The van der Waals surface area contributed by atoms with Crippen molar-refractivity contribution in [1.82, 2.24) is 10.2 Å². The maximum absolute atomic E-state index is 12.6. The number of carbonyl (C=O) groups is 1. The van der Waals surface area contributed by atoms with Crippen molar-refractivity contribution in [3.63, 3.8) is 0 Å². The quantitative estimate of drug-likeness (QED) is 0.925. The lowest BCUT2D eigenvalue weighted by Gasteiger charge is -2.24. The van der Waals surface area contributed by atoms with Crippen LogP contribution in [-0.4, -0.2) is 43.8 Å². The molecule has 108 valence electrons. The molecule has 1 amide bonds. The second-order valence-corrected chi connectivity index (χ2v) is 5.45. The van der Waals surface area contributed by atoms with Gasteiger partial charge in [-0.15, -0.1) is 0 Å². The predicted molar refractivity (Wildman–Crippen MR) is 75.6 cm³/mol. The molecule has 2 aliphatic rings. The third kappa shape index (κ3) is 2.31. The van der Waals surface area contributed by atoms with Gasteiger partial charge in [0.1, 0.15) is 0 Å². The summed E-state index contributed by atoms with van der Waals surface area (Å²) in [4.78, 5) is 14.5. The summed E-state index contributed by atoms with van der Waals surface area (Å²) in [5, 5.41) is 3.56. The average molecular weight is 297 g/mol. The molecular weight excluding hydrogens is 280 g/mol. The van der Waals surface area contributed by atoms with Gasteiger partial charge in [0.05, 0.1) is 5.02 Å². The summed E-state index contributed by atoms with van der Waals surface area (Å²) in [5.41, 5.74) is 0.558. The molecule has 0 spiro atoms. The van der Waals surface area contributed by atoms with E-state index >= 15 is 0 Å². The van der Waals surface area contributed by atoms with Crippen LogP contribution in [0.4, 0.5) is 0 Å². The fraction of sp³-hybridized carbons (Fsp3) is 0.500. The minimum atomic E-state index is 0.00273. The van der Waals surface area contributed by atoms with E-state index in [4.69, 9.17) is 21.1 Å². The number of amides is 1. The van der Waals surface area contributed by atoms with Crippen molar-refractivity contribution in [3.8, 4) is 11.5 Å². The van der Waals surface area contributed by atoms with Crippen molar-refractivity contribution in [2.45, 2.75) is 18.9 Å². The number of hydrogen-bond donors (Lipinski definition) is 1. The maximum atomic E-state index is 12.6. The lowest BCUT2D eigenvalue weighted by Crippen LogP contribution is -2.40. The predicted octanol–water partition coefficient (Wildman–Crippen LogP) is 1.89. The highest BCUT2D eigenvalue weighted by Gasteiger charge is 2.30. The summed E-state index contributed by atoms with van der Waals surface area (Å²) >= 11 is 6.14. The third-order valence-electron chi connectivity index (χ3n) is 3.75. The minimum Gasteiger partial charge on any atom is -0.454 e. The number of nitrogens with zero attached hydrogens (tertiary/aromatic N) is 1. The van der Waals surface area contributed by atoms with Gasteiger partial charge >= 0.3 is 0 Å². The fourth-order valence-electron chi connectivity index (χ4n) is 2.81. The van der Waals surface area contributed by atoms with Crippen LogP contribution in [0.5, 0.6) is 11.5 Å². The van der Waals surface area contributed by atoms with Crippen molar-refractivity contribution in [3.05, 3.63) is 22.7 Å². The van der Waals surface area contributed by atoms with Crippen LogP contribution in [0.25, 0.3) is 0 Å². The van der Waals surface area contributed by atoms with Gasteiger partial charge in [-0.2, -0.15) is 0 Å². The second kappa shape index (κ2) is 5.50. The topological polar surface area (TPSA) is 50.8 Å². The molecule has 0 aromatic heterocycles. The first-order valence-corrected chi connectivity index (χ1v) is 7.13.